The molecule has 2 saturated carbocycles. The Hall–Kier alpha value is -3.49. The number of fused-ring (bicyclic) bond motifs is 7. The smallest absolute Gasteiger partial charge is 0.426 e. The molecule has 12 nitrogen and oxygen atoms in total. The second kappa shape index (κ2) is 9.75. The fourth-order valence-corrected chi connectivity index (χ4v) is 8.69. The van der Waals surface area contributed by atoms with E-state index in [1.165, 1.54) is 6.08 Å². The number of ether oxygens (including phenoxy) is 4. The van der Waals surface area contributed by atoms with Gasteiger partial charge in [0.1, 0.15) is 0 Å². The van der Waals surface area contributed by atoms with E-state index in [0.29, 0.717) is 16.3 Å². The Bertz CT molecular complexity index is 1630. The van der Waals surface area contributed by atoms with Gasteiger partial charge in [0, 0.05) is 23.2 Å². The molecule has 4 aliphatic carbocycles. The summed E-state index contributed by atoms with van der Waals surface area (Å²) < 4.78 is 54.1. The maximum atomic E-state index is 17.5. The average Bonchev–Trinajstić information content (AvgIpc) is 3.35. The number of aliphatic hydroxyl groups is 1. The summed E-state index contributed by atoms with van der Waals surface area (Å²) in [5.74, 6) is -4.54. The number of alkyl halides is 1. The predicted molar refractivity (Wildman–Crippen MR) is 145 cm³/mol. The van der Waals surface area contributed by atoms with E-state index in [1.807, 2.05) is 6.08 Å². The zero-order valence-corrected chi connectivity index (χ0v) is 24.7. The summed E-state index contributed by atoms with van der Waals surface area (Å²) in [5.41, 5.74) is -7.85. The van der Waals surface area contributed by atoms with E-state index in [-0.39, 0.29) is 31.5 Å². The molecule has 0 spiro atoms. The number of aromatic nitrogens is 2. The summed E-state index contributed by atoms with van der Waals surface area (Å²) in [6, 6.07) is 0. The van der Waals surface area contributed by atoms with Crippen LogP contribution in [0.25, 0.3) is 0 Å². The van der Waals surface area contributed by atoms with Crippen molar-refractivity contribution in [3.63, 3.8) is 0 Å². The molecule has 238 valence electrons. The van der Waals surface area contributed by atoms with Gasteiger partial charge in [-0.1, -0.05) is 24.6 Å². The third-order valence-corrected chi connectivity index (χ3v) is 10.6. The van der Waals surface area contributed by atoms with Gasteiger partial charge in [0.05, 0.1) is 18.4 Å². The van der Waals surface area contributed by atoms with Crippen LogP contribution in [-0.2, 0) is 35.3 Å². The second-order valence-corrected chi connectivity index (χ2v) is 13.3. The number of aromatic amines is 1. The minimum atomic E-state index is -2.13. The van der Waals surface area contributed by atoms with E-state index >= 15 is 4.39 Å². The summed E-state index contributed by atoms with van der Waals surface area (Å²) in [6.45, 7) is 5.09. The molecule has 0 amide bonds. The number of rotatable bonds is 5. The standard InChI is InChI=1S/C30H34F2N2O10/c1-26(2)43-22-10-18-17-6-5-15-9-16(35)7-8-27(15,3)29(17,32)20(36)11-28(18,4)30(22,44-26)21(37)13-41-25(40)42-14-34-12-19(31)23(38)33-24(34)39/h5,7-8,12,17-18,20,22,36H,6,9-11,13-14H2,1-4H3,(H,33,38,39). The quantitative estimate of drug-likeness (QED) is 0.369. The highest BCUT2D eigenvalue weighted by Crippen LogP contribution is 2.71. The fraction of sp³-hybridized carbons (Fsp3) is 0.633. The van der Waals surface area contributed by atoms with Gasteiger partial charge in [-0.05, 0) is 52.0 Å². The minimum absolute atomic E-state index is 0.0741. The molecular formula is C30H34F2N2O10. The molecular weight excluding hydrogens is 586 g/mol. The number of ketones is 2. The number of hydrogen-bond donors (Lipinski definition) is 2. The van der Waals surface area contributed by atoms with Crippen molar-refractivity contribution in [2.75, 3.05) is 6.61 Å². The van der Waals surface area contributed by atoms with Crippen LogP contribution >= 0.6 is 0 Å². The van der Waals surface area contributed by atoms with Crippen LogP contribution in [0, 0.1) is 28.5 Å². The van der Waals surface area contributed by atoms with Crippen molar-refractivity contribution in [2.45, 2.75) is 89.4 Å². The molecule has 3 fully saturated rings. The molecule has 0 aromatic carbocycles. The first kappa shape index (κ1) is 30.5. The van der Waals surface area contributed by atoms with E-state index in [0.717, 1.165) is 0 Å². The van der Waals surface area contributed by atoms with Crippen molar-refractivity contribution in [1.29, 1.82) is 0 Å². The van der Waals surface area contributed by atoms with Gasteiger partial charge in [-0.2, -0.15) is 4.39 Å². The van der Waals surface area contributed by atoms with Crippen molar-refractivity contribution in [3.05, 3.63) is 56.7 Å². The van der Waals surface area contributed by atoms with Gasteiger partial charge in [0.15, 0.2) is 36.2 Å². The lowest BCUT2D eigenvalue weighted by atomic mass is 9.45. The Balaban J connectivity index is 1.26. The number of hydrogen-bond acceptors (Lipinski definition) is 10. The second-order valence-electron chi connectivity index (χ2n) is 13.3. The SMILES string of the molecule is CC1(C)OC2CC3C4CC=C5CC(=O)C=CC5(C)C4(F)C(O)CC3(C)C2(C(=O)COC(=O)OCn2cc(F)c(=O)[nH]c2=O)O1. The lowest BCUT2D eigenvalue weighted by Crippen LogP contribution is -2.69. The van der Waals surface area contributed by atoms with Crippen LogP contribution in [0.5, 0.6) is 0 Å². The molecule has 1 aromatic heterocycles. The molecule has 8 atom stereocenters. The van der Waals surface area contributed by atoms with Crippen molar-refractivity contribution in [2.24, 2.45) is 22.7 Å². The van der Waals surface area contributed by atoms with Crippen molar-refractivity contribution in [3.8, 4) is 0 Å². The normalized spacial score (nSPS) is 39.9. The number of allylic oxidation sites excluding steroid dienone is 4. The monoisotopic (exact) mass is 620 g/mol. The fourth-order valence-electron chi connectivity index (χ4n) is 8.69. The average molecular weight is 621 g/mol. The van der Waals surface area contributed by atoms with Crippen LogP contribution in [0.4, 0.5) is 13.6 Å². The van der Waals surface area contributed by atoms with Crippen molar-refractivity contribution in [1.82, 2.24) is 9.55 Å². The Labute approximate surface area is 250 Å². The van der Waals surface area contributed by atoms with Gasteiger partial charge in [-0.25, -0.2) is 14.0 Å². The minimum Gasteiger partial charge on any atom is -0.426 e. The highest BCUT2D eigenvalue weighted by molar-refractivity contribution is 5.94. The van der Waals surface area contributed by atoms with Crippen LogP contribution in [0.1, 0.15) is 53.4 Å². The van der Waals surface area contributed by atoms with Gasteiger partial charge >= 0.3 is 11.8 Å². The number of nitrogens with one attached hydrogen (secondary N) is 1. The van der Waals surface area contributed by atoms with E-state index in [4.69, 9.17) is 18.9 Å². The number of carbonyl (C=O) groups excluding carboxylic acids is 3. The van der Waals surface area contributed by atoms with E-state index in [2.05, 4.69) is 0 Å². The van der Waals surface area contributed by atoms with Crippen LogP contribution in [0.15, 0.2) is 39.6 Å². The van der Waals surface area contributed by atoms with Gasteiger partial charge < -0.3 is 24.1 Å². The summed E-state index contributed by atoms with van der Waals surface area (Å²) in [7, 11) is 0. The Morgan fingerprint density at radius 3 is 2.61 bits per heavy atom. The number of H-pyrrole nitrogens is 1. The number of halogens is 2. The number of carbonyl (C=O) groups is 3. The van der Waals surface area contributed by atoms with E-state index in [1.54, 1.807) is 38.8 Å². The lowest BCUT2D eigenvalue weighted by molar-refractivity contribution is -0.243. The van der Waals surface area contributed by atoms with Crippen LogP contribution in [0.3, 0.4) is 0 Å². The largest absolute Gasteiger partial charge is 0.510 e. The maximum Gasteiger partial charge on any atom is 0.510 e. The molecule has 8 unspecified atom stereocenters. The number of Topliss-reactive ketones (excluding diaryl/α,β-unsaturated/α-hetero) is 1. The Morgan fingerprint density at radius 2 is 1.89 bits per heavy atom. The molecule has 6 rings (SSSR count). The highest BCUT2D eigenvalue weighted by Gasteiger charge is 2.80. The zero-order chi connectivity index (χ0) is 32.0. The molecule has 1 saturated heterocycles. The third kappa shape index (κ3) is 4.06. The molecule has 44 heavy (non-hydrogen) atoms. The van der Waals surface area contributed by atoms with Gasteiger partial charge in [0.2, 0.25) is 11.6 Å². The lowest BCUT2D eigenvalue weighted by Gasteiger charge is -2.62. The summed E-state index contributed by atoms with van der Waals surface area (Å²) >= 11 is 0. The first-order valence-electron chi connectivity index (χ1n) is 14.5. The first-order chi connectivity index (χ1) is 20.5. The number of nitrogens with zero attached hydrogens (tertiary/aromatic N) is 1. The molecule has 1 aliphatic heterocycles. The molecule has 14 heteroatoms. The molecule has 2 heterocycles. The van der Waals surface area contributed by atoms with Gasteiger partial charge in [0.25, 0.3) is 5.56 Å². The third-order valence-electron chi connectivity index (χ3n) is 10.6. The zero-order valence-electron chi connectivity index (χ0n) is 24.7. The molecule has 0 radical (unpaired) electrons. The van der Waals surface area contributed by atoms with Gasteiger partial charge in [-0.3, -0.25) is 23.9 Å². The molecule has 5 aliphatic rings. The maximum absolute atomic E-state index is 17.5. The van der Waals surface area contributed by atoms with Crippen LogP contribution in [-0.4, -0.2) is 68.3 Å². The topological polar surface area (TPSA) is 163 Å². The summed E-state index contributed by atoms with van der Waals surface area (Å²) in [6.07, 6.45) is 1.99. The van der Waals surface area contributed by atoms with Crippen molar-refractivity contribution >= 4 is 17.7 Å². The van der Waals surface area contributed by atoms with Crippen LogP contribution < -0.4 is 11.2 Å². The molecule has 1 aromatic rings. The van der Waals surface area contributed by atoms with Crippen LogP contribution in [0.2, 0.25) is 0 Å². The Kier molecular flexibility index (Phi) is 6.77. The van der Waals surface area contributed by atoms with Gasteiger partial charge in [-0.15, -0.1) is 0 Å². The molecule has 2 N–H and O–H groups in total. The van der Waals surface area contributed by atoms with Crippen molar-refractivity contribution < 1.29 is 47.2 Å². The Morgan fingerprint density at radius 1 is 1.16 bits per heavy atom. The van der Waals surface area contributed by atoms with E-state index in [9.17, 15) is 33.5 Å². The summed E-state index contributed by atoms with van der Waals surface area (Å²) in [4.78, 5) is 63.3. The van der Waals surface area contributed by atoms with E-state index < -0.39 is 94.3 Å². The molecule has 0 bridgehead atoms. The summed E-state index contributed by atoms with van der Waals surface area (Å²) in [5, 5.41) is 11.6. The highest BCUT2D eigenvalue weighted by atomic mass is 19.1. The first-order valence-corrected chi connectivity index (χ1v) is 14.5. The predicted octanol–water partition coefficient (Wildman–Crippen LogP) is 2.23. The number of aliphatic hydroxyl groups excluding tert-OH is 1.